The predicted octanol–water partition coefficient (Wildman–Crippen LogP) is 1.25. The minimum absolute atomic E-state index is 0.0153. The average molecular weight is 470 g/mol. The Hall–Kier alpha value is -3.02. The third-order valence-electron chi connectivity index (χ3n) is 4.19. The first-order valence-electron chi connectivity index (χ1n) is 9.12. The van der Waals surface area contributed by atoms with Gasteiger partial charge in [0.25, 0.3) is 5.91 Å². The van der Waals surface area contributed by atoms with Crippen LogP contribution in [0.2, 0.25) is 5.02 Å². The molecular formula is C19H20ClN3O7S. The Balaban J connectivity index is 1.50. The number of nitrogens with one attached hydrogen (secondary N) is 3. The molecule has 0 aliphatic carbocycles. The van der Waals surface area contributed by atoms with E-state index in [0.717, 1.165) is 0 Å². The first-order valence-corrected chi connectivity index (χ1v) is 11.0. The molecule has 0 fully saturated rings. The predicted molar refractivity (Wildman–Crippen MR) is 111 cm³/mol. The second-order valence-corrected chi connectivity index (χ2v) is 8.50. The van der Waals surface area contributed by atoms with Crippen molar-refractivity contribution < 1.29 is 32.2 Å². The number of sulfonamides is 1. The van der Waals surface area contributed by atoms with E-state index in [0.29, 0.717) is 29.7 Å². The van der Waals surface area contributed by atoms with Crippen LogP contribution >= 0.6 is 11.6 Å². The highest BCUT2D eigenvalue weighted by Gasteiger charge is 2.20. The van der Waals surface area contributed by atoms with Crippen molar-refractivity contribution in [2.45, 2.75) is 11.3 Å². The van der Waals surface area contributed by atoms with Gasteiger partial charge in [-0.05, 0) is 30.3 Å². The van der Waals surface area contributed by atoms with Gasteiger partial charge in [-0.1, -0.05) is 11.6 Å². The molecular weight excluding hydrogens is 450 g/mol. The average Bonchev–Trinajstić information content (AvgIpc) is 2.77. The fourth-order valence-electron chi connectivity index (χ4n) is 2.69. The van der Waals surface area contributed by atoms with Crippen LogP contribution in [0.4, 0.5) is 0 Å². The first kappa shape index (κ1) is 22.7. The Morgan fingerprint density at radius 2 is 1.81 bits per heavy atom. The van der Waals surface area contributed by atoms with E-state index >= 15 is 0 Å². The van der Waals surface area contributed by atoms with Crippen LogP contribution in [0, 0.1) is 0 Å². The van der Waals surface area contributed by atoms with Gasteiger partial charge in [0.2, 0.25) is 15.9 Å². The maximum absolute atomic E-state index is 12.4. The molecule has 0 atom stereocenters. The van der Waals surface area contributed by atoms with Crippen molar-refractivity contribution in [3.8, 4) is 17.2 Å². The number of amides is 2. The van der Waals surface area contributed by atoms with E-state index < -0.39 is 21.8 Å². The van der Waals surface area contributed by atoms with Gasteiger partial charge in [-0.15, -0.1) is 0 Å². The van der Waals surface area contributed by atoms with Crippen molar-refractivity contribution in [2.24, 2.45) is 0 Å². The van der Waals surface area contributed by atoms with E-state index in [2.05, 4.69) is 15.6 Å². The number of methoxy groups -OCH3 is 1. The normalized spacial score (nSPS) is 12.7. The van der Waals surface area contributed by atoms with Gasteiger partial charge in [0.1, 0.15) is 19.0 Å². The van der Waals surface area contributed by atoms with Gasteiger partial charge in [0.05, 0.1) is 17.6 Å². The number of ether oxygens (including phenoxy) is 3. The summed E-state index contributed by atoms with van der Waals surface area (Å²) in [6.45, 7) is 0.545. The van der Waals surface area contributed by atoms with Gasteiger partial charge in [0.15, 0.2) is 11.5 Å². The summed E-state index contributed by atoms with van der Waals surface area (Å²) >= 11 is 5.88. The number of benzene rings is 2. The summed E-state index contributed by atoms with van der Waals surface area (Å²) in [7, 11) is -2.47. The minimum atomic E-state index is -3.86. The van der Waals surface area contributed by atoms with Crippen LogP contribution in [0.5, 0.6) is 17.2 Å². The second kappa shape index (κ2) is 9.86. The number of fused-ring (bicyclic) bond motifs is 1. The Morgan fingerprint density at radius 1 is 1.06 bits per heavy atom. The zero-order valence-corrected chi connectivity index (χ0v) is 18.0. The maximum atomic E-state index is 12.4. The maximum Gasteiger partial charge on any atom is 0.273 e. The van der Waals surface area contributed by atoms with Crippen molar-refractivity contribution in [2.75, 3.05) is 26.9 Å². The van der Waals surface area contributed by atoms with Gasteiger partial charge < -0.3 is 14.2 Å². The molecule has 0 saturated heterocycles. The number of hydrogen-bond donors (Lipinski definition) is 3. The van der Waals surface area contributed by atoms with E-state index in [1.807, 2.05) is 0 Å². The molecule has 12 heteroatoms. The number of carbonyl (C=O) groups excluding carboxylic acids is 2. The molecule has 0 spiro atoms. The fraction of sp³-hybridized carbons (Fsp3) is 0.263. The quantitative estimate of drug-likeness (QED) is 0.520. The first-order chi connectivity index (χ1) is 14.8. The lowest BCUT2D eigenvalue weighted by Gasteiger charge is -2.18. The van der Waals surface area contributed by atoms with Gasteiger partial charge in [-0.25, -0.2) is 13.1 Å². The summed E-state index contributed by atoms with van der Waals surface area (Å²) in [4.78, 5) is 24.2. The Labute approximate surface area is 183 Å². The van der Waals surface area contributed by atoms with Crippen LogP contribution in [0.1, 0.15) is 16.8 Å². The lowest BCUT2D eigenvalue weighted by Crippen LogP contribution is -2.42. The molecule has 0 unspecified atom stereocenters. The van der Waals surface area contributed by atoms with E-state index in [1.165, 1.54) is 37.4 Å². The Bertz CT molecular complexity index is 1090. The summed E-state index contributed by atoms with van der Waals surface area (Å²) < 4.78 is 43.0. The van der Waals surface area contributed by atoms with Crippen molar-refractivity contribution in [3.05, 3.63) is 47.0 Å². The highest BCUT2D eigenvalue weighted by atomic mass is 35.5. The molecule has 1 aliphatic heterocycles. The van der Waals surface area contributed by atoms with E-state index in [-0.39, 0.29) is 29.2 Å². The second-order valence-electron chi connectivity index (χ2n) is 6.30. The summed E-state index contributed by atoms with van der Waals surface area (Å²) in [5.74, 6) is -0.144. The molecule has 3 rings (SSSR count). The van der Waals surface area contributed by atoms with Crippen LogP contribution < -0.4 is 29.8 Å². The number of hydrazine groups is 1. The standard InChI is InChI=1S/C19H20ClN3O7S/c1-28-15-4-2-12(20)10-14(15)19(25)23-22-18(24)6-7-21-31(26,27)13-3-5-16-17(11-13)30-9-8-29-16/h2-5,10-11,21H,6-9H2,1H3,(H,22,24)(H,23,25). The van der Waals surface area contributed by atoms with E-state index in [4.69, 9.17) is 25.8 Å². The largest absolute Gasteiger partial charge is 0.496 e. The summed E-state index contributed by atoms with van der Waals surface area (Å²) in [5, 5.41) is 0.325. The fourth-order valence-corrected chi connectivity index (χ4v) is 3.91. The third-order valence-corrected chi connectivity index (χ3v) is 5.88. The summed E-state index contributed by atoms with van der Waals surface area (Å²) in [5.41, 5.74) is 4.57. The Morgan fingerprint density at radius 3 is 2.55 bits per heavy atom. The van der Waals surface area contributed by atoms with Crippen molar-refractivity contribution in [1.29, 1.82) is 0 Å². The molecule has 0 radical (unpaired) electrons. The molecule has 2 aromatic rings. The molecule has 166 valence electrons. The van der Waals surface area contributed by atoms with Crippen LogP contribution in [-0.2, 0) is 14.8 Å². The zero-order chi connectivity index (χ0) is 22.4. The van der Waals surface area contributed by atoms with Crippen molar-refractivity contribution in [3.63, 3.8) is 0 Å². The van der Waals surface area contributed by atoms with Gasteiger partial charge in [-0.2, -0.15) is 0 Å². The van der Waals surface area contributed by atoms with Crippen molar-refractivity contribution in [1.82, 2.24) is 15.6 Å². The number of rotatable bonds is 7. The lowest BCUT2D eigenvalue weighted by molar-refractivity contribution is -0.121. The zero-order valence-electron chi connectivity index (χ0n) is 16.4. The molecule has 2 aromatic carbocycles. The molecule has 3 N–H and O–H groups in total. The topological polar surface area (TPSA) is 132 Å². The van der Waals surface area contributed by atoms with Gasteiger partial charge in [0, 0.05) is 24.1 Å². The highest BCUT2D eigenvalue weighted by molar-refractivity contribution is 7.89. The highest BCUT2D eigenvalue weighted by Crippen LogP contribution is 2.32. The van der Waals surface area contributed by atoms with Crippen LogP contribution in [-0.4, -0.2) is 47.1 Å². The van der Waals surface area contributed by atoms with E-state index in [1.54, 1.807) is 6.07 Å². The third kappa shape index (κ3) is 5.78. The lowest BCUT2D eigenvalue weighted by atomic mass is 10.2. The molecule has 1 aliphatic rings. The SMILES string of the molecule is COc1ccc(Cl)cc1C(=O)NNC(=O)CCNS(=O)(=O)c1ccc2c(c1)OCCO2. The smallest absolute Gasteiger partial charge is 0.273 e. The molecule has 1 heterocycles. The monoisotopic (exact) mass is 469 g/mol. The van der Waals surface area contributed by atoms with Crippen LogP contribution in [0.25, 0.3) is 0 Å². The molecule has 10 nitrogen and oxygen atoms in total. The molecule has 0 saturated carbocycles. The van der Waals surface area contributed by atoms with Gasteiger partial charge in [-0.3, -0.25) is 20.4 Å². The van der Waals surface area contributed by atoms with Crippen LogP contribution in [0.3, 0.4) is 0 Å². The van der Waals surface area contributed by atoms with Gasteiger partial charge >= 0.3 is 0 Å². The number of halogens is 1. The van der Waals surface area contributed by atoms with Crippen LogP contribution in [0.15, 0.2) is 41.3 Å². The number of hydrogen-bond acceptors (Lipinski definition) is 7. The minimum Gasteiger partial charge on any atom is -0.496 e. The molecule has 0 aromatic heterocycles. The molecule has 2 amide bonds. The molecule has 0 bridgehead atoms. The van der Waals surface area contributed by atoms with E-state index in [9.17, 15) is 18.0 Å². The molecule has 31 heavy (non-hydrogen) atoms. The number of carbonyl (C=O) groups is 2. The summed E-state index contributed by atoms with van der Waals surface area (Å²) in [6, 6.07) is 8.72. The van der Waals surface area contributed by atoms with Crippen molar-refractivity contribution >= 4 is 33.4 Å². The Kier molecular flexibility index (Phi) is 7.21. The summed E-state index contributed by atoms with van der Waals surface area (Å²) in [6.07, 6.45) is -0.212.